The molecule has 1 atom stereocenters. The molecule has 2 amide bonds. The Labute approximate surface area is 196 Å². The molecule has 3 aromatic carbocycles. The summed E-state index contributed by atoms with van der Waals surface area (Å²) in [6.07, 6.45) is 0. The van der Waals surface area contributed by atoms with Gasteiger partial charge in [-0.25, -0.2) is 4.39 Å². The van der Waals surface area contributed by atoms with Crippen LogP contribution >= 0.6 is 11.6 Å². The number of methoxy groups -OCH3 is 1. The summed E-state index contributed by atoms with van der Waals surface area (Å²) in [6, 6.07) is 19.0. The lowest BCUT2D eigenvalue weighted by Gasteiger charge is -2.31. The second kappa shape index (κ2) is 10.7. The molecule has 1 unspecified atom stereocenters. The van der Waals surface area contributed by atoms with Crippen LogP contribution in [0.1, 0.15) is 17.2 Å². The fourth-order valence-electron chi connectivity index (χ4n) is 3.35. The van der Waals surface area contributed by atoms with Crippen molar-refractivity contribution in [2.75, 3.05) is 17.7 Å². The maximum atomic E-state index is 14.1. The molecule has 6 nitrogen and oxygen atoms in total. The lowest BCUT2D eigenvalue weighted by Crippen LogP contribution is -2.44. The van der Waals surface area contributed by atoms with Crippen molar-refractivity contribution in [3.8, 4) is 5.75 Å². The van der Waals surface area contributed by atoms with Gasteiger partial charge < -0.3 is 15.8 Å². The number of nitrogens with one attached hydrogen (secondary N) is 1. The predicted octanol–water partition coefficient (Wildman–Crippen LogP) is 4.80. The molecule has 0 aliphatic heterocycles. The second-order valence-electron chi connectivity index (χ2n) is 7.17. The van der Waals surface area contributed by atoms with Crippen LogP contribution < -0.4 is 20.7 Å². The van der Waals surface area contributed by atoms with Crippen LogP contribution in [0.15, 0.2) is 85.2 Å². The fraction of sp³-hybridized carbons (Fsp3) is 0.120. The molecule has 0 saturated carbocycles. The quantitative estimate of drug-likeness (QED) is 0.368. The van der Waals surface area contributed by atoms with Gasteiger partial charge in [-0.1, -0.05) is 60.6 Å². The molecule has 170 valence electrons. The molecule has 0 fully saturated rings. The van der Waals surface area contributed by atoms with Crippen molar-refractivity contribution in [3.63, 3.8) is 0 Å². The van der Waals surface area contributed by atoms with Crippen LogP contribution in [0.3, 0.4) is 0 Å². The number of carbonyl (C=O) groups excluding carboxylic acids is 2. The first-order chi connectivity index (χ1) is 15.8. The summed E-state index contributed by atoms with van der Waals surface area (Å²) >= 11 is 6.25. The van der Waals surface area contributed by atoms with Crippen molar-refractivity contribution < 1.29 is 18.7 Å². The first-order valence-corrected chi connectivity index (χ1v) is 10.4. The van der Waals surface area contributed by atoms with Crippen LogP contribution in [-0.2, 0) is 16.1 Å². The van der Waals surface area contributed by atoms with Gasteiger partial charge in [0.1, 0.15) is 11.8 Å². The first-order valence-electron chi connectivity index (χ1n) is 10.0. The molecular formula is C25H23ClFN3O3. The summed E-state index contributed by atoms with van der Waals surface area (Å²) < 4.78 is 19.3. The third-order valence-electron chi connectivity index (χ3n) is 4.91. The van der Waals surface area contributed by atoms with E-state index in [1.54, 1.807) is 24.3 Å². The fourth-order valence-corrected chi connectivity index (χ4v) is 3.60. The molecule has 0 heterocycles. The number of hydrogen-bond acceptors (Lipinski definition) is 4. The van der Waals surface area contributed by atoms with Crippen molar-refractivity contribution in [1.29, 1.82) is 0 Å². The zero-order valence-corrected chi connectivity index (χ0v) is 18.7. The molecule has 0 aliphatic carbocycles. The molecule has 8 heteroatoms. The van der Waals surface area contributed by atoms with Crippen LogP contribution in [0, 0.1) is 0 Å². The van der Waals surface area contributed by atoms with E-state index in [-0.39, 0.29) is 17.3 Å². The van der Waals surface area contributed by atoms with Gasteiger partial charge in [0, 0.05) is 17.9 Å². The zero-order chi connectivity index (χ0) is 24.0. The van der Waals surface area contributed by atoms with Crippen LogP contribution in [-0.4, -0.2) is 18.9 Å². The van der Waals surface area contributed by atoms with Crippen LogP contribution in [0.25, 0.3) is 0 Å². The lowest BCUT2D eigenvalue weighted by molar-refractivity contribution is -0.126. The van der Waals surface area contributed by atoms with E-state index in [2.05, 4.69) is 11.9 Å². The van der Waals surface area contributed by atoms with Crippen molar-refractivity contribution in [2.24, 2.45) is 0 Å². The van der Waals surface area contributed by atoms with Crippen molar-refractivity contribution in [2.45, 2.75) is 12.6 Å². The number of carbonyl (C=O) groups is 2. The minimum Gasteiger partial charge on any atom is -0.495 e. The summed E-state index contributed by atoms with van der Waals surface area (Å²) in [5.74, 6) is -2.49. The molecule has 3 N–H and O–H groups in total. The van der Waals surface area contributed by atoms with E-state index >= 15 is 0 Å². The number of nitrogens with two attached hydrogens (primary N) is 1. The topological polar surface area (TPSA) is 84.7 Å². The smallest absolute Gasteiger partial charge is 0.287 e. The minimum absolute atomic E-state index is 0.187. The summed E-state index contributed by atoms with van der Waals surface area (Å²) in [7, 11) is 1.44. The molecule has 3 aromatic rings. The van der Waals surface area contributed by atoms with Gasteiger partial charge in [0.2, 0.25) is 5.91 Å². The van der Waals surface area contributed by atoms with E-state index in [0.29, 0.717) is 17.0 Å². The number of nitrogens with zero attached hydrogens (tertiary/aromatic N) is 1. The maximum Gasteiger partial charge on any atom is 0.287 e. The lowest BCUT2D eigenvalue weighted by atomic mass is 10.0. The van der Waals surface area contributed by atoms with Gasteiger partial charge in [-0.15, -0.1) is 0 Å². The van der Waals surface area contributed by atoms with Crippen LogP contribution in [0.5, 0.6) is 5.75 Å². The molecule has 33 heavy (non-hydrogen) atoms. The monoisotopic (exact) mass is 467 g/mol. The Morgan fingerprint density at radius 3 is 2.45 bits per heavy atom. The Balaban J connectivity index is 2.08. The number of hydrogen-bond donors (Lipinski definition) is 2. The van der Waals surface area contributed by atoms with Crippen molar-refractivity contribution >= 4 is 34.8 Å². The van der Waals surface area contributed by atoms with Gasteiger partial charge in [0.05, 0.1) is 12.1 Å². The molecule has 0 bridgehead atoms. The average molecular weight is 468 g/mol. The molecule has 0 aromatic heterocycles. The molecular weight excluding hydrogens is 445 g/mol. The van der Waals surface area contributed by atoms with E-state index in [1.807, 2.05) is 30.3 Å². The van der Waals surface area contributed by atoms with E-state index in [0.717, 1.165) is 10.5 Å². The Kier molecular flexibility index (Phi) is 7.69. The predicted molar refractivity (Wildman–Crippen MR) is 128 cm³/mol. The number of ether oxygens (including phenoxy) is 1. The standard InChI is InChI=1S/C25H23ClFN3O3/c1-16(27)25(32)30(20-11-12-22(33-2)21(26)14-20)23(18-9-6-10-19(28)13-18)24(31)29-15-17-7-4-3-5-8-17/h3-14,23H,1,15,28H2,2H3,(H,29,31). The molecule has 0 saturated heterocycles. The summed E-state index contributed by atoms with van der Waals surface area (Å²) in [4.78, 5) is 27.4. The van der Waals surface area contributed by atoms with Gasteiger partial charge in [0.15, 0.2) is 5.83 Å². The summed E-state index contributed by atoms with van der Waals surface area (Å²) in [6.45, 7) is 3.34. The highest BCUT2D eigenvalue weighted by molar-refractivity contribution is 6.32. The molecule has 0 radical (unpaired) electrons. The number of halogens is 2. The normalized spacial score (nSPS) is 11.4. The first kappa shape index (κ1) is 23.8. The number of rotatable bonds is 8. The van der Waals surface area contributed by atoms with Gasteiger partial charge >= 0.3 is 0 Å². The highest BCUT2D eigenvalue weighted by Gasteiger charge is 2.34. The summed E-state index contributed by atoms with van der Waals surface area (Å²) in [5, 5.41) is 3.00. The Bertz CT molecular complexity index is 1170. The maximum absolute atomic E-state index is 14.1. The number of benzene rings is 3. The van der Waals surface area contributed by atoms with Crippen LogP contribution in [0.2, 0.25) is 5.02 Å². The van der Waals surface area contributed by atoms with Gasteiger partial charge in [-0.3, -0.25) is 14.5 Å². The number of anilines is 2. The number of amides is 2. The van der Waals surface area contributed by atoms with Crippen molar-refractivity contribution in [3.05, 3.63) is 101 Å². The van der Waals surface area contributed by atoms with E-state index in [1.165, 1.54) is 25.3 Å². The SMILES string of the molecule is C=C(F)C(=O)N(c1ccc(OC)c(Cl)c1)C(C(=O)NCc1ccccc1)c1cccc(N)c1. The molecule has 0 spiro atoms. The average Bonchev–Trinajstić information content (AvgIpc) is 2.81. The third-order valence-corrected chi connectivity index (χ3v) is 5.20. The molecule has 3 rings (SSSR count). The Morgan fingerprint density at radius 2 is 1.85 bits per heavy atom. The van der Waals surface area contributed by atoms with Gasteiger partial charge in [-0.05, 0) is 41.5 Å². The van der Waals surface area contributed by atoms with Crippen LogP contribution in [0.4, 0.5) is 15.8 Å². The van der Waals surface area contributed by atoms with E-state index < -0.39 is 23.7 Å². The highest BCUT2D eigenvalue weighted by Crippen LogP contribution is 2.35. The van der Waals surface area contributed by atoms with Crippen molar-refractivity contribution in [1.82, 2.24) is 5.32 Å². The third kappa shape index (κ3) is 5.70. The minimum atomic E-state index is -1.25. The largest absolute Gasteiger partial charge is 0.495 e. The summed E-state index contributed by atoms with van der Waals surface area (Å²) in [5.41, 5.74) is 7.75. The number of nitrogen functional groups attached to an aromatic ring is 1. The van der Waals surface area contributed by atoms with E-state index in [9.17, 15) is 14.0 Å². The Morgan fingerprint density at radius 1 is 1.12 bits per heavy atom. The van der Waals surface area contributed by atoms with E-state index in [4.69, 9.17) is 22.1 Å². The highest BCUT2D eigenvalue weighted by atomic mass is 35.5. The zero-order valence-electron chi connectivity index (χ0n) is 17.9. The Hall–Kier alpha value is -3.84. The second-order valence-corrected chi connectivity index (χ2v) is 7.58. The van der Waals surface area contributed by atoms with Gasteiger partial charge in [0.25, 0.3) is 5.91 Å². The molecule has 0 aliphatic rings. The van der Waals surface area contributed by atoms with Gasteiger partial charge in [-0.2, -0.15) is 0 Å².